The lowest BCUT2D eigenvalue weighted by Gasteiger charge is -2.37. The van der Waals surface area contributed by atoms with E-state index < -0.39 is 0 Å². The number of anilines is 1. The quantitative estimate of drug-likeness (QED) is 0.899. The largest absolute Gasteiger partial charge is 0.375 e. The molecule has 1 aromatic carbocycles. The first-order valence-corrected chi connectivity index (χ1v) is 7.83. The molecule has 22 heavy (non-hydrogen) atoms. The van der Waals surface area contributed by atoms with Gasteiger partial charge in [0.2, 0.25) is 5.91 Å². The van der Waals surface area contributed by atoms with Crippen LogP contribution in [0.5, 0.6) is 0 Å². The highest BCUT2D eigenvalue weighted by Crippen LogP contribution is 2.17. The predicted molar refractivity (Wildman–Crippen MR) is 82.4 cm³/mol. The summed E-state index contributed by atoms with van der Waals surface area (Å²) in [5.74, 6) is -0.0638. The number of ether oxygens (including phenoxy) is 1. The highest BCUT2D eigenvalue weighted by Gasteiger charge is 2.24. The lowest BCUT2D eigenvalue weighted by molar-refractivity contribution is -0.135. The van der Waals surface area contributed by atoms with Gasteiger partial charge in [0.1, 0.15) is 5.82 Å². The van der Waals surface area contributed by atoms with Gasteiger partial charge >= 0.3 is 0 Å². The molecule has 1 atom stereocenters. The summed E-state index contributed by atoms with van der Waals surface area (Å²) in [5.41, 5.74) is 1.01. The maximum absolute atomic E-state index is 13.0. The van der Waals surface area contributed by atoms with E-state index in [2.05, 4.69) is 10.2 Å². The van der Waals surface area contributed by atoms with Crippen LogP contribution in [-0.4, -0.2) is 62.8 Å². The summed E-state index contributed by atoms with van der Waals surface area (Å²) in [7, 11) is 0. The van der Waals surface area contributed by atoms with Crippen molar-refractivity contribution in [1.29, 1.82) is 0 Å². The number of morpholine rings is 1. The third-order valence-corrected chi connectivity index (χ3v) is 4.23. The SMILES string of the molecule is O=C(CC1CNCCO1)N1CCN(c2ccc(F)cc2)CC1. The molecule has 1 aromatic rings. The van der Waals surface area contributed by atoms with Crippen LogP contribution in [0, 0.1) is 5.82 Å². The summed E-state index contributed by atoms with van der Waals surface area (Å²) in [6.07, 6.45) is 0.445. The number of carbonyl (C=O) groups excluding carboxylic acids is 1. The zero-order valence-corrected chi connectivity index (χ0v) is 12.6. The number of benzene rings is 1. The van der Waals surface area contributed by atoms with Gasteiger partial charge in [0.25, 0.3) is 0 Å². The summed E-state index contributed by atoms with van der Waals surface area (Å²) in [4.78, 5) is 16.4. The monoisotopic (exact) mass is 307 g/mol. The molecule has 0 aromatic heterocycles. The molecule has 2 saturated heterocycles. The van der Waals surface area contributed by atoms with E-state index in [1.807, 2.05) is 4.90 Å². The Bertz CT molecular complexity index is 495. The van der Waals surface area contributed by atoms with Crippen molar-refractivity contribution in [3.8, 4) is 0 Å². The van der Waals surface area contributed by atoms with Crippen molar-refractivity contribution in [1.82, 2.24) is 10.2 Å². The zero-order valence-electron chi connectivity index (χ0n) is 12.6. The fraction of sp³-hybridized carbons (Fsp3) is 0.562. The Morgan fingerprint density at radius 3 is 2.59 bits per heavy atom. The maximum Gasteiger partial charge on any atom is 0.225 e. The van der Waals surface area contributed by atoms with Crippen LogP contribution >= 0.6 is 0 Å². The second kappa shape index (κ2) is 7.07. The van der Waals surface area contributed by atoms with Gasteiger partial charge in [0.05, 0.1) is 19.1 Å². The number of halogens is 1. The first kappa shape index (κ1) is 15.2. The fourth-order valence-electron chi connectivity index (χ4n) is 2.94. The second-order valence-corrected chi connectivity index (χ2v) is 5.75. The molecule has 0 spiro atoms. The molecule has 2 aliphatic rings. The molecule has 120 valence electrons. The van der Waals surface area contributed by atoms with Gasteiger partial charge in [-0.15, -0.1) is 0 Å². The molecule has 2 fully saturated rings. The molecule has 2 aliphatic heterocycles. The van der Waals surface area contributed by atoms with Gasteiger partial charge in [-0.3, -0.25) is 4.79 Å². The van der Waals surface area contributed by atoms with E-state index in [0.717, 1.165) is 31.9 Å². The van der Waals surface area contributed by atoms with Crippen LogP contribution in [0.4, 0.5) is 10.1 Å². The van der Waals surface area contributed by atoms with Crippen molar-refractivity contribution < 1.29 is 13.9 Å². The summed E-state index contributed by atoms with van der Waals surface area (Å²) < 4.78 is 18.5. The van der Waals surface area contributed by atoms with Gasteiger partial charge in [-0.05, 0) is 24.3 Å². The Balaban J connectivity index is 1.48. The summed E-state index contributed by atoms with van der Waals surface area (Å²) in [6, 6.07) is 6.52. The van der Waals surface area contributed by atoms with Crippen molar-refractivity contribution >= 4 is 11.6 Å². The van der Waals surface area contributed by atoms with Crippen LogP contribution < -0.4 is 10.2 Å². The Kier molecular flexibility index (Phi) is 4.90. The Morgan fingerprint density at radius 1 is 1.23 bits per heavy atom. The van der Waals surface area contributed by atoms with Gasteiger partial charge in [0.15, 0.2) is 0 Å². The van der Waals surface area contributed by atoms with E-state index in [1.54, 1.807) is 12.1 Å². The molecule has 6 heteroatoms. The number of carbonyl (C=O) groups is 1. The molecule has 0 bridgehead atoms. The summed E-state index contributed by atoms with van der Waals surface area (Å²) >= 11 is 0. The number of nitrogens with zero attached hydrogens (tertiary/aromatic N) is 2. The van der Waals surface area contributed by atoms with Crippen molar-refractivity contribution in [2.45, 2.75) is 12.5 Å². The van der Waals surface area contributed by atoms with E-state index in [4.69, 9.17) is 4.74 Å². The van der Waals surface area contributed by atoms with Crippen molar-refractivity contribution in [3.05, 3.63) is 30.1 Å². The highest BCUT2D eigenvalue weighted by molar-refractivity contribution is 5.77. The van der Waals surface area contributed by atoms with Gasteiger partial charge in [-0.25, -0.2) is 4.39 Å². The minimum Gasteiger partial charge on any atom is -0.375 e. The summed E-state index contributed by atoms with van der Waals surface area (Å²) in [6.45, 7) is 5.26. The molecule has 5 nitrogen and oxygen atoms in total. The van der Waals surface area contributed by atoms with Crippen LogP contribution in [0.1, 0.15) is 6.42 Å². The standard InChI is InChI=1S/C16H22FN3O2/c17-13-1-3-14(4-2-13)19-6-8-20(9-7-19)16(21)11-15-12-18-5-10-22-15/h1-4,15,18H,5-12H2. The number of rotatable bonds is 3. The predicted octanol–water partition coefficient (Wildman–Crippen LogP) is 0.853. The van der Waals surface area contributed by atoms with E-state index >= 15 is 0 Å². The molecule has 1 amide bonds. The second-order valence-electron chi connectivity index (χ2n) is 5.75. The van der Waals surface area contributed by atoms with E-state index in [0.29, 0.717) is 26.1 Å². The smallest absolute Gasteiger partial charge is 0.225 e. The normalized spacial score (nSPS) is 22.7. The number of hydrogen-bond donors (Lipinski definition) is 1. The van der Waals surface area contributed by atoms with Gasteiger partial charge in [-0.2, -0.15) is 0 Å². The van der Waals surface area contributed by atoms with E-state index in [1.165, 1.54) is 12.1 Å². The van der Waals surface area contributed by atoms with Crippen molar-refractivity contribution in [3.63, 3.8) is 0 Å². The molecule has 0 aliphatic carbocycles. The average molecular weight is 307 g/mol. The first-order chi connectivity index (χ1) is 10.7. The van der Waals surface area contributed by atoms with Crippen LogP contribution in [0.25, 0.3) is 0 Å². The molecular formula is C16H22FN3O2. The minimum atomic E-state index is -0.223. The fourth-order valence-corrected chi connectivity index (χ4v) is 2.94. The number of amides is 1. The van der Waals surface area contributed by atoms with Crippen molar-refractivity contribution in [2.75, 3.05) is 50.8 Å². The molecule has 0 radical (unpaired) electrons. The van der Waals surface area contributed by atoms with Crippen LogP contribution in [0.2, 0.25) is 0 Å². The lowest BCUT2D eigenvalue weighted by atomic mass is 10.2. The molecule has 0 saturated carbocycles. The Hall–Kier alpha value is -1.66. The minimum absolute atomic E-state index is 0.00335. The average Bonchev–Trinajstić information content (AvgIpc) is 2.57. The van der Waals surface area contributed by atoms with Gasteiger partial charge in [0, 0.05) is 45.0 Å². The van der Waals surface area contributed by atoms with Crippen LogP contribution in [-0.2, 0) is 9.53 Å². The number of hydrogen-bond acceptors (Lipinski definition) is 4. The van der Waals surface area contributed by atoms with Gasteiger partial charge in [-0.1, -0.05) is 0 Å². The number of piperazine rings is 1. The molecular weight excluding hydrogens is 285 g/mol. The highest BCUT2D eigenvalue weighted by atomic mass is 19.1. The zero-order chi connectivity index (χ0) is 15.4. The topological polar surface area (TPSA) is 44.8 Å². The number of nitrogens with one attached hydrogen (secondary N) is 1. The maximum atomic E-state index is 13.0. The van der Waals surface area contributed by atoms with E-state index in [9.17, 15) is 9.18 Å². The first-order valence-electron chi connectivity index (χ1n) is 7.83. The molecule has 2 heterocycles. The third kappa shape index (κ3) is 3.75. The Labute approximate surface area is 130 Å². The molecule has 1 N–H and O–H groups in total. The van der Waals surface area contributed by atoms with Crippen LogP contribution in [0.15, 0.2) is 24.3 Å². The lowest BCUT2D eigenvalue weighted by Crippen LogP contribution is -2.50. The van der Waals surface area contributed by atoms with Crippen molar-refractivity contribution in [2.24, 2.45) is 0 Å². The van der Waals surface area contributed by atoms with Gasteiger partial charge < -0.3 is 19.9 Å². The van der Waals surface area contributed by atoms with E-state index in [-0.39, 0.29) is 17.8 Å². The molecule has 3 rings (SSSR count). The summed E-state index contributed by atoms with van der Waals surface area (Å²) in [5, 5.41) is 3.24. The molecule has 1 unspecified atom stereocenters. The third-order valence-electron chi connectivity index (χ3n) is 4.23. The van der Waals surface area contributed by atoms with Crippen LogP contribution in [0.3, 0.4) is 0 Å². The Morgan fingerprint density at radius 2 is 1.95 bits per heavy atom.